The van der Waals surface area contributed by atoms with Gasteiger partial charge in [-0.15, -0.1) is 0 Å². The van der Waals surface area contributed by atoms with Gasteiger partial charge in [0.05, 0.1) is 10.2 Å². The molecule has 0 unspecified atom stereocenters. The smallest absolute Gasteiger partial charge is 0.373 e. The summed E-state index contributed by atoms with van der Waals surface area (Å²) in [4.78, 5) is 15.4. The summed E-state index contributed by atoms with van der Waals surface area (Å²) in [5, 5.41) is 9.13. The fourth-order valence-corrected chi connectivity index (χ4v) is 2.18. The largest absolute Gasteiger partial charge is 0.475 e. The molecule has 20 heavy (non-hydrogen) atoms. The first-order valence-corrected chi connectivity index (χ1v) is 6.86. The quantitative estimate of drug-likeness (QED) is 0.907. The van der Waals surface area contributed by atoms with Gasteiger partial charge in [0, 0.05) is 5.56 Å². The Morgan fingerprint density at radius 3 is 2.75 bits per heavy atom. The number of oxazole rings is 1. The summed E-state index contributed by atoms with van der Waals surface area (Å²) >= 11 is 3.08. The molecule has 2 rings (SSSR count). The molecule has 0 fully saturated rings. The van der Waals surface area contributed by atoms with E-state index < -0.39 is 11.8 Å². The van der Waals surface area contributed by atoms with Crippen LogP contribution >= 0.6 is 15.9 Å². The number of rotatable bonds is 4. The number of hydrogen-bond acceptors (Lipinski definition) is 3. The Hall–Kier alpha value is -1.69. The number of aromatic nitrogens is 1. The summed E-state index contributed by atoms with van der Waals surface area (Å²) in [6.07, 6.45) is 0.507. The minimum atomic E-state index is -1.15. The topological polar surface area (TPSA) is 63.3 Å². The van der Waals surface area contributed by atoms with Gasteiger partial charge in [-0.05, 0) is 46.5 Å². The standard InChI is InChI=1S/C14H13BrFNO3/c1-7(2)5-11-12(14(18)19)20-13(17-11)8-3-4-10(16)9(15)6-8/h3-4,6-7H,5H2,1-2H3,(H,18,19). The highest BCUT2D eigenvalue weighted by Crippen LogP contribution is 2.27. The zero-order valence-corrected chi connectivity index (χ0v) is 12.6. The highest BCUT2D eigenvalue weighted by Gasteiger charge is 2.21. The lowest BCUT2D eigenvalue weighted by Crippen LogP contribution is -2.03. The lowest BCUT2D eigenvalue weighted by molar-refractivity contribution is 0.0661. The van der Waals surface area contributed by atoms with Gasteiger partial charge >= 0.3 is 5.97 Å². The number of hydrogen-bond donors (Lipinski definition) is 1. The monoisotopic (exact) mass is 341 g/mol. The van der Waals surface area contributed by atoms with E-state index in [0.717, 1.165) is 0 Å². The molecule has 1 N–H and O–H groups in total. The number of carboxylic acids is 1. The maximum atomic E-state index is 13.2. The van der Waals surface area contributed by atoms with E-state index in [9.17, 15) is 9.18 Å². The minimum absolute atomic E-state index is 0.158. The zero-order valence-electron chi connectivity index (χ0n) is 11.0. The number of nitrogens with zero attached hydrogens (tertiary/aromatic N) is 1. The molecule has 2 aromatic rings. The molecule has 0 amide bonds. The van der Waals surface area contributed by atoms with Gasteiger partial charge in [-0.25, -0.2) is 14.2 Å². The summed E-state index contributed by atoms with van der Waals surface area (Å²) in [5.74, 6) is -1.28. The van der Waals surface area contributed by atoms with Crippen molar-refractivity contribution in [2.45, 2.75) is 20.3 Å². The van der Waals surface area contributed by atoms with Crippen LogP contribution in [0.15, 0.2) is 27.1 Å². The van der Waals surface area contributed by atoms with Crippen LogP contribution in [0.3, 0.4) is 0 Å². The van der Waals surface area contributed by atoms with E-state index in [1.54, 1.807) is 0 Å². The number of benzene rings is 1. The predicted octanol–water partition coefficient (Wildman–Crippen LogP) is 4.14. The molecule has 0 bridgehead atoms. The molecular weight excluding hydrogens is 329 g/mol. The van der Waals surface area contributed by atoms with Crippen molar-refractivity contribution in [2.24, 2.45) is 5.92 Å². The third-order valence-corrected chi connectivity index (χ3v) is 3.27. The lowest BCUT2D eigenvalue weighted by Gasteiger charge is -2.00. The van der Waals surface area contributed by atoms with Crippen LogP contribution in [0.1, 0.15) is 30.1 Å². The average molecular weight is 342 g/mol. The van der Waals surface area contributed by atoms with E-state index >= 15 is 0 Å². The normalized spacial score (nSPS) is 11.1. The summed E-state index contributed by atoms with van der Waals surface area (Å²) in [7, 11) is 0. The molecule has 1 aromatic heterocycles. The molecule has 0 spiro atoms. The van der Waals surface area contributed by atoms with Gasteiger partial charge in [0.1, 0.15) is 5.82 Å². The van der Waals surface area contributed by atoms with E-state index in [1.165, 1.54) is 18.2 Å². The number of halogens is 2. The van der Waals surface area contributed by atoms with Crippen molar-refractivity contribution in [3.63, 3.8) is 0 Å². The van der Waals surface area contributed by atoms with Crippen LogP contribution in [0, 0.1) is 11.7 Å². The van der Waals surface area contributed by atoms with Gasteiger partial charge in [0.25, 0.3) is 0 Å². The van der Waals surface area contributed by atoms with Crippen molar-refractivity contribution in [3.8, 4) is 11.5 Å². The van der Waals surface area contributed by atoms with Crippen molar-refractivity contribution in [1.29, 1.82) is 0 Å². The molecule has 0 radical (unpaired) electrons. The predicted molar refractivity (Wildman–Crippen MR) is 75.1 cm³/mol. The lowest BCUT2D eigenvalue weighted by atomic mass is 10.1. The fourth-order valence-electron chi connectivity index (χ4n) is 1.80. The van der Waals surface area contributed by atoms with Gasteiger partial charge in [-0.3, -0.25) is 0 Å². The minimum Gasteiger partial charge on any atom is -0.475 e. The number of aromatic carboxylic acids is 1. The first-order chi connectivity index (χ1) is 9.38. The van der Waals surface area contributed by atoms with Crippen LogP contribution < -0.4 is 0 Å². The summed E-state index contributed by atoms with van der Waals surface area (Å²) in [6.45, 7) is 3.93. The second kappa shape index (κ2) is 5.75. The number of carboxylic acid groups (broad SMARTS) is 1. The van der Waals surface area contributed by atoms with E-state index in [2.05, 4.69) is 20.9 Å². The van der Waals surface area contributed by atoms with Crippen LogP contribution in [0.25, 0.3) is 11.5 Å². The number of carbonyl (C=O) groups is 1. The van der Waals surface area contributed by atoms with Gasteiger partial charge in [-0.1, -0.05) is 13.8 Å². The Labute approximate surface area is 123 Å². The third kappa shape index (κ3) is 3.07. The molecule has 0 aliphatic carbocycles. The van der Waals surface area contributed by atoms with Crippen LogP contribution in [0.2, 0.25) is 0 Å². The Morgan fingerprint density at radius 1 is 1.50 bits per heavy atom. The molecule has 1 aromatic carbocycles. The molecule has 0 saturated carbocycles. The van der Waals surface area contributed by atoms with Gasteiger partial charge in [-0.2, -0.15) is 0 Å². The van der Waals surface area contributed by atoms with E-state index in [4.69, 9.17) is 9.52 Å². The Morgan fingerprint density at radius 2 is 2.20 bits per heavy atom. The molecule has 1 heterocycles. The maximum absolute atomic E-state index is 13.2. The van der Waals surface area contributed by atoms with Crippen molar-refractivity contribution in [2.75, 3.05) is 0 Å². The molecule has 106 valence electrons. The van der Waals surface area contributed by atoms with Crippen LogP contribution in [-0.2, 0) is 6.42 Å². The zero-order chi connectivity index (χ0) is 14.9. The first kappa shape index (κ1) is 14.7. The maximum Gasteiger partial charge on any atom is 0.373 e. The van der Waals surface area contributed by atoms with E-state index in [0.29, 0.717) is 17.7 Å². The third-order valence-electron chi connectivity index (χ3n) is 2.66. The molecule has 0 aliphatic rings. The highest BCUT2D eigenvalue weighted by molar-refractivity contribution is 9.10. The molecule has 0 aliphatic heterocycles. The fraction of sp³-hybridized carbons (Fsp3) is 0.286. The summed E-state index contributed by atoms with van der Waals surface area (Å²) in [5.41, 5.74) is 0.929. The molecule has 4 nitrogen and oxygen atoms in total. The van der Waals surface area contributed by atoms with Crippen molar-refractivity contribution < 1.29 is 18.7 Å². The van der Waals surface area contributed by atoms with E-state index in [1.807, 2.05) is 13.8 Å². The van der Waals surface area contributed by atoms with Crippen molar-refractivity contribution in [1.82, 2.24) is 4.98 Å². The van der Waals surface area contributed by atoms with Gasteiger partial charge < -0.3 is 9.52 Å². The SMILES string of the molecule is CC(C)Cc1nc(-c2ccc(F)c(Br)c2)oc1C(=O)O. The van der Waals surface area contributed by atoms with Crippen LogP contribution in [0.5, 0.6) is 0 Å². The van der Waals surface area contributed by atoms with Crippen LogP contribution in [-0.4, -0.2) is 16.1 Å². The Kier molecular flexibility index (Phi) is 4.23. The molecular formula is C14H13BrFNO3. The first-order valence-electron chi connectivity index (χ1n) is 6.07. The molecule has 6 heteroatoms. The molecule has 0 atom stereocenters. The second-order valence-electron chi connectivity index (χ2n) is 4.83. The van der Waals surface area contributed by atoms with Crippen LogP contribution in [0.4, 0.5) is 4.39 Å². The highest BCUT2D eigenvalue weighted by atomic mass is 79.9. The summed E-state index contributed by atoms with van der Waals surface area (Å²) in [6, 6.07) is 4.27. The van der Waals surface area contributed by atoms with Crippen molar-refractivity contribution >= 4 is 21.9 Å². The Balaban J connectivity index is 2.46. The summed E-state index contributed by atoms with van der Waals surface area (Å²) < 4.78 is 18.8. The second-order valence-corrected chi connectivity index (χ2v) is 5.68. The Bertz CT molecular complexity index is 652. The molecule has 0 saturated heterocycles. The average Bonchev–Trinajstić information content (AvgIpc) is 2.76. The van der Waals surface area contributed by atoms with Gasteiger partial charge in [0.2, 0.25) is 11.7 Å². The van der Waals surface area contributed by atoms with Gasteiger partial charge in [0.15, 0.2) is 0 Å². The van der Waals surface area contributed by atoms with Crippen molar-refractivity contribution in [3.05, 3.63) is 39.9 Å². The van der Waals surface area contributed by atoms with E-state index in [-0.39, 0.29) is 22.0 Å².